The number of rotatable bonds is 57. The molecule has 16 atom stereocenters. The second kappa shape index (κ2) is 53.7. The van der Waals surface area contributed by atoms with Crippen LogP contribution in [0.2, 0.25) is 0 Å². The number of nitrogens with zero attached hydrogens (tertiary/aromatic N) is 2. The number of hydrogen-bond acceptors (Lipinski definition) is 34. The third-order valence-corrected chi connectivity index (χ3v) is 17.4. The van der Waals surface area contributed by atoms with E-state index in [-0.39, 0.29) is 177 Å². The molecule has 612 valence electrons. The summed E-state index contributed by atoms with van der Waals surface area (Å²) >= 11 is 4.99. The molecule has 40 nitrogen and oxygen atoms in total. The number of unbranched alkanes of at least 4 members (excludes halogenated alkanes) is 3. The predicted octanol–water partition coefficient (Wildman–Crippen LogP) is -8.60. The van der Waals surface area contributed by atoms with Crippen LogP contribution in [0.3, 0.4) is 0 Å². The van der Waals surface area contributed by atoms with E-state index in [1.165, 1.54) is 20.8 Å². The van der Waals surface area contributed by atoms with E-state index in [1.54, 1.807) is 30.6 Å². The molecule has 3 aliphatic rings. The molecular formula is C63H117N9O31PS-. The van der Waals surface area contributed by atoms with Crippen molar-refractivity contribution in [3.8, 4) is 0 Å². The summed E-state index contributed by atoms with van der Waals surface area (Å²) in [7, 11) is 0. The predicted molar refractivity (Wildman–Crippen MR) is 368 cm³/mol. The van der Waals surface area contributed by atoms with Crippen molar-refractivity contribution in [1.29, 1.82) is 0 Å². The van der Waals surface area contributed by atoms with E-state index in [0.717, 1.165) is 0 Å². The molecule has 0 radical (unpaired) electrons. The number of aliphatic hydroxyl groups excluding tert-OH is 9. The van der Waals surface area contributed by atoms with Crippen LogP contribution in [0, 0.1) is 0 Å². The minimum Gasteiger partial charge on any atom is -0.780 e. The van der Waals surface area contributed by atoms with Crippen LogP contribution in [0.15, 0.2) is 0 Å². The van der Waals surface area contributed by atoms with Gasteiger partial charge in [0.25, 0.3) is 0 Å². The second-order valence-corrected chi connectivity index (χ2v) is 28.3. The topological polar surface area (TPSA) is 545 Å². The molecule has 0 spiro atoms. The standard InChI is InChI=1S/C63H118N9O31PS/c1-41(76)68-51-57(86)54(83)44(38-73)100-60(51)96-31-28-93-25-22-90-19-13-65-48(80)35-71(34-47(79)64-12-9-7-8-10-18-99-104(89,105)103-63(4,5)6)16-11-17-72(36-49(81)66-14-20-91-23-26-94-29-32-97-61-52(69-42(2)77)58(87)55(84)45(39-74)101-61)37-50(82)67-15-21-92-24-27-95-30-33-98-62-53(70-43(3)78)59(88)56(85)46(40-75)102-62/h44-46,51-62,73-75,83-88H,7-40H2,1-6H3,(H,64,79)(H,65,80)(H,66,81)(H,67,82)(H,68,76)(H,69,77)(H,70,78)(H,89,105)/p-1. The largest absolute Gasteiger partial charge is 0.780 e. The van der Waals surface area contributed by atoms with Gasteiger partial charge in [-0.15, -0.1) is 0 Å². The molecule has 3 heterocycles. The molecule has 3 rings (SSSR count). The summed E-state index contributed by atoms with van der Waals surface area (Å²) in [5.74, 6) is -3.22. The van der Waals surface area contributed by atoms with E-state index in [0.29, 0.717) is 32.2 Å². The molecule has 16 N–H and O–H groups in total. The van der Waals surface area contributed by atoms with Crippen molar-refractivity contribution in [1.82, 2.24) is 47.0 Å². The molecule has 16 unspecified atom stereocenters. The molecule has 0 aromatic carbocycles. The van der Waals surface area contributed by atoms with Crippen molar-refractivity contribution in [2.45, 2.75) is 171 Å². The van der Waals surface area contributed by atoms with Crippen LogP contribution >= 0.6 is 6.72 Å². The summed E-state index contributed by atoms with van der Waals surface area (Å²) in [4.78, 5) is 105. The van der Waals surface area contributed by atoms with Crippen LogP contribution in [0.25, 0.3) is 0 Å². The van der Waals surface area contributed by atoms with E-state index in [1.807, 2.05) is 0 Å². The Balaban J connectivity index is 1.56. The Labute approximate surface area is 617 Å². The van der Waals surface area contributed by atoms with E-state index >= 15 is 0 Å². The van der Waals surface area contributed by atoms with Gasteiger partial charge in [0.2, 0.25) is 41.4 Å². The Morgan fingerprint density at radius 3 is 0.990 bits per heavy atom. The van der Waals surface area contributed by atoms with Gasteiger partial charge in [0, 0.05) is 60.0 Å². The maximum atomic E-state index is 13.4. The van der Waals surface area contributed by atoms with Crippen LogP contribution in [0.4, 0.5) is 0 Å². The Hall–Kier alpha value is -4.10. The average molecular weight is 1560 g/mol. The smallest absolute Gasteiger partial charge is 0.234 e. The van der Waals surface area contributed by atoms with Crippen molar-refractivity contribution in [3.05, 3.63) is 0 Å². The fraction of sp³-hybridized carbons (Fsp3) is 0.889. The summed E-state index contributed by atoms with van der Waals surface area (Å²) in [5.41, 5.74) is -0.739. The van der Waals surface area contributed by atoms with Crippen LogP contribution in [0.5, 0.6) is 0 Å². The Kier molecular flexibility index (Phi) is 48.6. The molecule has 0 aromatic heterocycles. The third kappa shape index (κ3) is 41.0. The molecule has 42 heteroatoms. The second-order valence-electron chi connectivity index (χ2n) is 25.7. The van der Waals surface area contributed by atoms with Gasteiger partial charge in [-0.3, -0.25) is 43.4 Å². The first kappa shape index (κ1) is 95.1. The van der Waals surface area contributed by atoms with Crippen molar-refractivity contribution in [2.24, 2.45) is 0 Å². The monoisotopic (exact) mass is 1560 g/mol. The lowest BCUT2D eigenvalue weighted by Gasteiger charge is -2.42. The zero-order valence-corrected chi connectivity index (χ0v) is 62.7. The molecule has 3 fully saturated rings. The van der Waals surface area contributed by atoms with Gasteiger partial charge >= 0.3 is 0 Å². The van der Waals surface area contributed by atoms with Crippen molar-refractivity contribution < 1.29 is 150 Å². The normalized spacial score (nSPS) is 25.5. The van der Waals surface area contributed by atoms with Crippen LogP contribution < -0.4 is 42.1 Å². The fourth-order valence-corrected chi connectivity index (χ4v) is 12.6. The number of aliphatic hydroxyl groups is 9. The van der Waals surface area contributed by atoms with Crippen LogP contribution in [0.1, 0.15) is 73.6 Å². The first-order valence-electron chi connectivity index (χ1n) is 35.2. The molecule has 3 aliphatic heterocycles. The number of nitrogens with one attached hydrogen (secondary N) is 7. The van der Waals surface area contributed by atoms with Gasteiger partial charge in [0.05, 0.1) is 157 Å². The van der Waals surface area contributed by atoms with E-state index < -0.39 is 160 Å². The zero-order valence-electron chi connectivity index (χ0n) is 61.0. The van der Waals surface area contributed by atoms with Gasteiger partial charge in [-0.2, -0.15) is 0 Å². The molecule has 0 aromatic rings. The summed E-state index contributed by atoms with van der Waals surface area (Å²) in [6.07, 6.45) is -13.0. The summed E-state index contributed by atoms with van der Waals surface area (Å²) < 4.78 is 77.8. The molecule has 0 saturated carbocycles. The minimum atomic E-state index is -3.65. The Morgan fingerprint density at radius 1 is 0.410 bits per heavy atom. The highest BCUT2D eigenvalue weighted by Gasteiger charge is 2.48. The zero-order chi connectivity index (χ0) is 77.7. The summed E-state index contributed by atoms with van der Waals surface area (Å²) in [6, 6.07) is -3.34. The molecule has 3 saturated heterocycles. The van der Waals surface area contributed by atoms with Gasteiger partial charge in [0.1, 0.15) is 79.8 Å². The molecular weight excluding hydrogens is 1440 g/mol. The van der Waals surface area contributed by atoms with Gasteiger partial charge in [0.15, 0.2) is 18.9 Å². The molecule has 0 bridgehead atoms. The highest BCUT2D eigenvalue weighted by Crippen LogP contribution is 2.43. The van der Waals surface area contributed by atoms with Crippen LogP contribution in [-0.4, -0.2) is 386 Å². The van der Waals surface area contributed by atoms with Crippen LogP contribution in [-0.2, 0) is 111 Å². The highest BCUT2D eigenvalue weighted by atomic mass is 32.5. The minimum absolute atomic E-state index is 0.0413. The number of ether oxygens (including phenoxy) is 12. The van der Waals surface area contributed by atoms with Crippen molar-refractivity contribution >= 4 is 59.9 Å². The molecule has 7 amide bonds. The van der Waals surface area contributed by atoms with Gasteiger partial charge < -0.3 is 154 Å². The third-order valence-electron chi connectivity index (χ3n) is 15.5. The average Bonchev–Trinajstić information content (AvgIpc) is 0.822. The lowest BCUT2D eigenvalue weighted by Crippen LogP contribution is -2.64. The lowest BCUT2D eigenvalue weighted by molar-refractivity contribution is -0.272. The SMILES string of the molecule is CC(=O)NC1C(OCCOCCOCCNC(=O)CN(CCCN(CC(=O)NCCOCCOCCOC2OC(CO)C(O)C(O)C2NC(C)=O)CC(=O)NCCOCCOCCOC2OC(CO)C(O)C(O)C2NC(C)=O)CC(=O)NCCCCCCOP([O-])(=S)OC(C)(C)C)OC(CO)C(O)C1O. The fourth-order valence-electron chi connectivity index (χ4n) is 10.6. The quantitative estimate of drug-likeness (QED) is 0.0199. The first-order valence-corrected chi connectivity index (χ1v) is 37.7. The highest BCUT2D eigenvalue weighted by molar-refractivity contribution is 8.06. The molecule has 0 aliphatic carbocycles. The Bertz CT molecular complexity index is 2430. The van der Waals surface area contributed by atoms with Gasteiger partial charge in [-0.05, 0) is 40.0 Å². The van der Waals surface area contributed by atoms with Crippen molar-refractivity contribution in [3.63, 3.8) is 0 Å². The number of amides is 7. The lowest BCUT2D eigenvalue weighted by atomic mass is 9.97. The first-order chi connectivity index (χ1) is 50.0. The van der Waals surface area contributed by atoms with Gasteiger partial charge in [-0.25, -0.2) is 0 Å². The van der Waals surface area contributed by atoms with E-state index in [4.69, 9.17) is 77.7 Å². The number of hydrogen-bond donors (Lipinski definition) is 16. The summed E-state index contributed by atoms with van der Waals surface area (Å²) in [5, 5.41) is 110. The van der Waals surface area contributed by atoms with Crippen molar-refractivity contribution in [2.75, 3.05) is 191 Å². The number of carbonyl (C=O) groups excluding carboxylic acids is 7. The summed E-state index contributed by atoms with van der Waals surface area (Å²) in [6.45, 7) is 4.38. The number of carbonyl (C=O) groups is 7. The Morgan fingerprint density at radius 2 is 0.695 bits per heavy atom. The van der Waals surface area contributed by atoms with E-state index in [2.05, 4.69) is 37.2 Å². The van der Waals surface area contributed by atoms with E-state index in [9.17, 15) is 84.4 Å². The maximum absolute atomic E-state index is 13.4. The maximum Gasteiger partial charge on any atom is 0.234 e. The van der Waals surface area contributed by atoms with Gasteiger partial charge in [-0.1, -0.05) is 24.6 Å². The molecule has 105 heavy (non-hydrogen) atoms.